The van der Waals surface area contributed by atoms with Crippen LogP contribution >= 0.6 is 27.3 Å². The van der Waals surface area contributed by atoms with Crippen molar-refractivity contribution in [1.82, 2.24) is 0 Å². The molecule has 1 heterocycles. The Hall–Kier alpha value is -4.71. The number of ether oxygens (including phenoxy) is 2. The number of aromatic carboxylic acids is 1. The van der Waals surface area contributed by atoms with Crippen LogP contribution in [0.15, 0.2) is 88.2 Å². The van der Waals surface area contributed by atoms with Gasteiger partial charge in [-0.2, -0.15) is 8.42 Å². The van der Waals surface area contributed by atoms with Crippen LogP contribution in [-0.2, 0) is 10.1 Å². The summed E-state index contributed by atoms with van der Waals surface area (Å²) >= 11 is 5.60. The molecule has 8 nitrogen and oxygen atoms in total. The normalized spacial score (nSPS) is 11.5. The van der Waals surface area contributed by atoms with Gasteiger partial charge in [0.2, 0.25) is 0 Å². The molecule has 1 N–H and O–H groups in total. The standard InChI is InChI=1S/C37H29BrO8S2/c1-19-15-24(27-7-6-8-28-31(27)18-30-21(3)22(4)47-35(30)33(28)38)16-20(2)34(19)46-48(42,43)26-13-14-29(36(39)40)32(17-26)45-37(41)23-9-11-25(44-5)12-10-23/h6-18H,1-5H3,(H,39,40). The Labute approximate surface area is 289 Å². The van der Waals surface area contributed by atoms with Gasteiger partial charge in [0, 0.05) is 20.1 Å². The number of aryl methyl sites for hydroxylation is 4. The summed E-state index contributed by atoms with van der Waals surface area (Å²) in [6, 6.07) is 21.2. The fraction of sp³-hybridized carbons (Fsp3) is 0.135. The molecule has 6 aromatic rings. The summed E-state index contributed by atoms with van der Waals surface area (Å²) in [5.74, 6) is -2.06. The molecule has 5 aromatic carbocycles. The van der Waals surface area contributed by atoms with E-state index in [0.29, 0.717) is 16.9 Å². The first kappa shape index (κ1) is 33.2. The average molecular weight is 746 g/mol. The number of hydrogen-bond acceptors (Lipinski definition) is 8. The number of thiophene rings is 1. The average Bonchev–Trinajstić information content (AvgIpc) is 3.35. The molecular formula is C37H29BrO8S2. The number of carbonyl (C=O) groups is 2. The molecule has 244 valence electrons. The number of hydrogen-bond donors (Lipinski definition) is 1. The zero-order valence-corrected chi connectivity index (χ0v) is 29.7. The number of rotatable bonds is 8. The molecule has 0 spiro atoms. The molecule has 0 saturated carbocycles. The van der Waals surface area contributed by atoms with Crippen molar-refractivity contribution in [3.63, 3.8) is 0 Å². The third-order valence-corrected chi connectivity index (χ3v) is 11.8. The van der Waals surface area contributed by atoms with E-state index in [0.717, 1.165) is 44.6 Å². The Morgan fingerprint density at radius 2 is 1.52 bits per heavy atom. The number of carboxylic acid groups (broad SMARTS) is 1. The van der Waals surface area contributed by atoms with Gasteiger partial charge in [-0.15, -0.1) is 11.3 Å². The molecule has 0 atom stereocenters. The monoisotopic (exact) mass is 744 g/mol. The summed E-state index contributed by atoms with van der Waals surface area (Å²) < 4.78 is 45.5. The first-order chi connectivity index (χ1) is 22.8. The third kappa shape index (κ3) is 6.05. The molecule has 6 rings (SSSR count). The van der Waals surface area contributed by atoms with Crippen molar-refractivity contribution < 1.29 is 36.8 Å². The maximum Gasteiger partial charge on any atom is 0.343 e. The van der Waals surface area contributed by atoms with Crippen LogP contribution in [-0.4, -0.2) is 32.6 Å². The summed E-state index contributed by atoms with van der Waals surface area (Å²) in [6.45, 7) is 7.78. The smallest absolute Gasteiger partial charge is 0.343 e. The maximum atomic E-state index is 13.6. The van der Waals surface area contributed by atoms with Crippen molar-refractivity contribution in [2.45, 2.75) is 32.6 Å². The van der Waals surface area contributed by atoms with Crippen LogP contribution in [0.1, 0.15) is 42.3 Å². The zero-order chi connectivity index (χ0) is 34.5. The third-order valence-electron chi connectivity index (χ3n) is 8.23. The van der Waals surface area contributed by atoms with Crippen LogP contribution in [0.2, 0.25) is 0 Å². The van der Waals surface area contributed by atoms with Gasteiger partial charge in [0.1, 0.15) is 27.7 Å². The van der Waals surface area contributed by atoms with Crippen LogP contribution < -0.4 is 13.7 Å². The Kier molecular flexibility index (Phi) is 8.80. The van der Waals surface area contributed by atoms with Gasteiger partial charge in [0.15, 0.2) is 0 Å². The van der Waals surface area contributed by atoms with E-state index in [1.165, 1.54) is 39.8 Å². The lowest BCUT2D eigenvalue weighted by atomic mass is 9.94. The van der Waals surface area contributed by atoms with E-state index in [9.17, 15) is 23.1 Å². The molecule has 0 aliphatic heterocycles. The fourth-order valence-corrected chi connectivity index (χ4v) is 8.57. The second-order valence-electron chi connectivity index (χ2n) is 11.3. The van der Waals surface area contributed by atoms with Gasteiger partial charge in [-0.25, -0.2) is 9.59 Å². The van der Waals surface area contributed by atoms with E-state index in [1.807, 2.05) is 24.3 Å². The van der Waals surface area contributed by atoms with E-state index in [4.69, 9.17) is 13.7 Å². The first-order valence-corrected chi connectivity index (χ1v) is 17.7. The lowest BCUT2D eigenvalue weighted by molar-refractivity contribution is 0.0681. The van der Waals surface area contributed by atoms with Gasteiger partial charge >= 0.3 is 22.1 Å². The van der Waals surface area contributed by atoms with Crippen LogP contribution in [0.4, 0.5) is 0 Å². The fourth-order valence-electron chi connectivity index (χ4n) is 5.61. The Morgan fingerprint density at radius 1 is 0.833 bits per heavy atom. The van der Waals surface area contributed by atoms with Gasteiger partial charge in [-0.3, -0.25) is 0 Å². The molecular weight excluding hydrogens is 716 g/mol. The van der Waals surface area contributed by atoms with E-state index < -0.39 is 27.8 Å². The van der Waals surface area contributed by atoms with Crippen LogP contribution in [0.25, 0.3) is 32.0 Å². The lowest BCUT2D eigenvalue weighted by Crippen LogP contribution is -2.15. The molecule has 0 unspecified atom stereocenters. The molecule has 0 bridgehead atoms. The minimum atomic E-state index is -4.48. The molecule has 0 radical (unpaired) electrons. The molecule has 1 aromatic heterocycles. The topological polar surface area (TPSA) is 116 Å². The molecule has 0 fully saturated rings. The molecule has 11 heteroatoms. The molecule has 0 aliphatic rings. The van der Waals surface area contributed by atoms with E-state index in [1.54, 1.807) is 37.3 Å². The number of fused-ring (bicyclic) bond motifs is 2. The van der Waals surface area contributed by atoms with Gasteiger partial charge in [-0.05, 0) is 142 Å². The van der Waals surface area contributed by atoms with Crippen molar-refractivity contribution in [3.8, 4) is 28.4 Å². The van der Waals surface area contributed by atoms with E-state index >= 15 is 0 Å². The Balaban J connectivity index is 1.34. The number of esters is 1. The lowest BCUT2D eigenvalue weighted by Gasteiger charge is -2.16. The number of methoxy groups -OCH3 is 1. The molecule has 48 heavy (non-hydrogen) atoms. The largest absolute Gasteiger partial charge is 0.497 e. The number of halogens is 1. The minimum Gasteiger partial charge on any atom is -0.497 e. The van der Waals surface area contributed by atoms with Gasteiger partial charge in [0.25, 0.3) is 0 Å². The van der Waals surface area contributed by atoms with Gasteiger partial charge in [-0.1, -0.05) is 18.2 Å². The summed E-state index contributed by atoms with van der Waals surface area (Å²) in [4.78, 5) is 25.6. The second-order valence-corrected chi connectivity index (χ2v) is 14.9. The van der Waals surface area contributed by atoms with Crippen molar-refractivity contribution >= 4 is 70.2 Å². The Bertz CT molecular complexity index is 2370. The highest BCUT2D eigenvalue weighted by molar-refractivity contribution is 9.11. The minimum absolute atomic E-state index is 0.117. The predicted octanol–water partition coefficient (Wildman–Crippen LogP) is 9.41. The van der Waals surface area contributed by atoms with Crippen LogP contribution in [0.3, 0.4) is 0 Å². The number of carboxylic acids is 1. The maximum absolute atomic E-state index is 13.6. The van der Waals surface area contributed by atoms with Crippen LogP contribution in [0.5, 0.6) is 17.2 Å². The predicted molar refractivity (Wildman–Crippen MR) is 191 cm³/mol. The van der Waals surface area contributed by atoms with Crippen molar-refractivity contribution in [2.24, 2.45) is 0 Å². The SMILES string of the molecule is COc1ccc(C(=O)Oc2cc(S(=O)(=O)Oc3c(C)cc(-c4cccc5c(Br)c6sc(C)c(C)c6cc45)cc3C)ccc2C(=O)O)cc1. The highest BCUT2D eigenvalue weighted by atomic mass is 79.9. The van der Waals surface area contributed by atoms with Gasteiger partial charge < -0.3 is 18.8 Å². The van der Waals surface area contributed by atoms with E-state index in [-0.39, 0.29) is 21.8 Å². The summed E-state index contributed by atoms with van der Waals surface area (Å²) in [6.07, 6.45) is 0. The molecule has 0 amide bonds. The van der Waals surface area contributed by atoms with Crippen molar-refractivity contribution in [3.05, 3.63) is 116 Å². The number of benzene rings is 5. The van der Waals surface area contributed by atoms with Crippen molar-refractivity contribution in [2.75, 3.05) is 7.11 Å². The molecule has 0 saturated heterocycles. The summed E-state index contributed by atoms with van der Waals surface area (Å²) in [7, 11) is -3.01. The van der Waals surface area contributed by atoms with Crippen molar-refractivity contribution in [1.29, 1.82) is 0 Å². The van der Waals surface area contributed by atoms with Gasteiger partial charge in [0.05, 0.1) is 12.7 Å². The Morgan fingerprint density at radius 3 is 2.17 bits per heavy atom. The molecule has 0 aliphatic carbocycles. The van der Waals surface area contributed by atoms with E-state index in [2.05, 4.69) is 41.9 Å². The zero-order valence-electron chi connectivity index (χ0n) is 26.5. The summed E-state index contributed by atoms with van der Waals surface area (Å²) in [5.41, 5.74) is 4.03. The summed E-state index contributed by atoms with van der Waals surface area (Å²) in [5, 5.41) is 13.0. The highest BCUT2D eigenvalue weighted by Crippen LogP contribution is 2.43. The first-order valence-electron chi connectivity index (χ1n) is 14.7. The van der Waals surface area contributed by atoms with Crippen LogP contribution in [0, 0.1) is 27.7 Å². The second kappa shape index (κ2) is 12.7. The quantitative estimate of drug-likeness (QED) is 0.0931. The highest BCUT2D eigenvalue weighted by Gasteiger charge is 2.25. The number of carbonyl (C=O) groups excluding carboxylic acids is 1.